The van der Waals surface area contributed by atoms with Gasteiger partial charge in [0.25, 0.3) is 0 Å². The molecule has 19 heavy (non-hydrogen) atoms. The van der Waals surface area contributed by atoms with Crippen LogP contribution in [-0.2, 0) is 4.74 Å². The fraction of sp³-hybridized carbons (Fsp3) is 0.308. The predicted octanol–water partition coefficient (Wildman–Crippen LogP) is 1.92. The fourth-order valence-electron chi connectivity index (χ4n) is 2.18. The minimum Gasteiger partial charge on any atom is -0.382 e. The minimum atomic E-state index is 0. The second kappa shape index (κ2) is 5.95. The van der Waals surface area contributed by atoms with E-state index in [0.717, 1.165) is 37.6 Å². The number of nitrogens with two attached hydrogens (primary N) is 1. The van der Waals surface area contributed by atoms with Gasteiger partial charge in [-0.2, -0.15) is 5.10 Å². The standard InChI is InChI=1S/C13H16N4O.ClH/c14-13-9-12(15-16-13)10-2-1-3-11(8-10)17-4-6-18-7-5-17;/h1-3,8-9H,4-7H2,(H3,14,15,16);1H. The van der Waals surface area contributed by atoms with E-state index in [1.807, 2.05) is 6.07 Å². The lowest BCUT2D eigenvalue weighted by molar-refractivity contribution is 0.122. The second-order valence-corrected chi connectivity index (χ2v) is 4.36. The third-order valence-electron chi connectivity index (χ3n) is 3.13. The largest absolute Gasteiger partial charge is 0.382 e. The average molecular weight is 281 g/mol. The number of aromatic nitrogens is 2. The van der Waals surface area contributed by atoms with Crippen molar-refractivity contribution in [2.45, 2.75) is 0 Å². The summed E-state index contributed by atoms with van der Waals surface area (Å²) in [4.78, 5) is 2.33. The number of nitrogen functional groups attached to an aromatic ring is 1. The van der Waals surface area contributed by atoms with Gasteiger partial charge in [-0.25, -0.2) is 0 Å². The molecular weight excluding hydrogens is 264 g/mol. The van der Waals surface area contributed by atoms with Gasteiger partial charge in [0.2, 0.25) is 0 Å². The molecule has 3 rings (SSSR count). The van der Waals surface area contributed by atoms with Gasteiger partial charge in [0.15, 0.2) is 0 Å². The number of aromatic amines is 1. The van der Waals surface area contributed by atoms with E-state index in [1.54, 1.807) is 0 Å². The highest BCUT2D eigenvalue weighted by atomic mass is 35.5. The van der Waals surface area contributed by atoms with Crippen molar-refractivity contribution in [2.75, 3.05) is 36.9 Å². The van der Waals surface area contributed by atoms with Crippen LogP contribution in [0.1, 0.15) is 0 Å². The van der Waals surface area contributed by atoms with Crippen molar-refractivity contribution < 1.29 is 4.74 Å². The Bertz CT molecular complexity index is 537. The number of ether oxygens (including phenoxy) is 1. The second-order valence-electron chi connectivity index (χ2n) is 4.36. The highest BCUT2D eigenvalue weighted by Crippen LogP contribution is 2.24. The van der Waals surface area contributed by atoms with Crippen molar-refractivity contribution in [3.05, 3.63) is 30.3 Å². The van der Waals surface area contributed by atoms with Crippen molar-refractivity contribution in [1.82, 2.24) is 10.2 Å². The first-order valence-corrected chi connectivity index (χ1v) is 6.07. The van der Waals surface area contributed by atoms with Gasteiger partial charge in [-0.3, -0.25) is 5.10 Å². The zero-order valence-corrected chi connectivity index (χ0v) is 11.3. The summed E-state index contributed by atoms with van der Waals surface area (Å²) in [5, 5.41) is 6.89. The molecule has 102 valence electrons. The van der Waals surface area contributed by atoms with Gasteiger partial charge < -0.3 is 15.4 Å². The summed E-state index contributed by atoms with van der Waals surface area (Å²) in [6, 6.07) is 10.2. The molecule has 2 heterocycles. The summed E-state index contributed by atoms with van der Waals surface area (Å²) < 4.78 is 5.37. The molecule has 1 aliphatic heterocycles. The number of anilines is 2. The van der Waals surface area contributed by atoms with Gasteiger partial charge in [-0.15, -0.1) is 12.4 Å². The zero-order valence-electron chi connectivity index (χ0n) is 10.5. The molecule has 1 saturated heterocycles. The van der Waals surface area contributed by atoms with Crippen LogP contribution >= 0.6 is 12.4 Å². The molecule has 3 N–H and O–H groups in total. The summed E-state index contributed by atoms with van der Waals surface area (Å²) in [5.41, 5.74) is 8.89. The van der Waals surface area contributed by atoms with Gasteiger partial charge in [0.1, 0.15) is 5.82 Å². The van der Waals surface area contributed by atoms with Crippen molar-refractivity contribution in [1.29, 1.82) is 0 Å². The van der Waals surface area contributed by atoms with Crippen LogP contribution in [0, 0.1) is 0 Å². The summed E-state index contributed by atoms with van der Waals surface area (Å²) in [5.74, 6) is 0.516. The molecule has 1 aliphatic rings. The molecule has 1 aromatic heterocycles. The van der Waals surface area contributed by atoms with E-state index in [1.165, 1.54) is 5.69 Å². The molecule has 0 amide bonds. The van der Waals surface area contributed by atoms with Crippen LogP contribution in [0.4, 0.5) is 11.5 Å². The average Bonchev–Trinajstić information content (AvgIpc) is 2.87. The van der Waals surface area contributed by atoms with Crippen LogP contribution in [-0.4, -0.2) is 36.5 Å². The Morgan fingerprint density at radius 3 is 2.68 bits per heavy atom. The van der Waals surface area contributed by atoms with E-state index in [9.17, 15) is 0 Å². The molecule has 2 aromatic rings. The molecule has 0 spiro atoms. The van der Waals surface area contributed by atoms with Gasteiger partial charge in [-0.05, 0) is 12.1 Å². The van der Waals surface area contributed by atoms with E-state index in [4.69, 9.17) is 10.5 Å². The maximum atomic E-state index is 5.63. The van der Waals surface area contributed by atoms with Gasteiger partial charge in [-0.1, -0.05) is 12.1 Å². The smallest absolute Gasteiger partial charge is 0.145 e. The first-order chi connectivity index (χ1) is 8.83. The normalized spacial score (nSPS) is 15.1. The van der Waals surface area contributed by atoms with E-state index < -0.39 is 0 Å². The summed E-state index contributed by atoms with van der Waals surface area (Å²) >= 11 is 0. The Hall–Kier alpha value is -1.72. The Morgan fingerprint density at radius 2 is 2.00 bits per heavy atom. The Kier molecular flexibility index (Phi) is 4.29. The number of nitrogens with one attached hydrogen (secondary N) is 1. The Balaban J connectivity index is 0.00000133. The molecular formula is C13H17ClN4O. The molecule has 6 heteroatoms. The number of hydrogen-bond donors (Lipinski definition) is 2. The van der Waals surface area contributed by atoms with Crippen LogP contribution in [0.5, 0.6) is 0 Å². The highest BCUT2D eigenvalue weighted by molar-refractivity contribution is 5.85. The van der Waals surface area contributed by atoms with E-state index in [0.29, 0.717) is 5.82 Å². The molecule has 0 atom stereocenters. The van der Waals surface area contributed by atoms with Crippen molar-refractivity contribution in [2.24, 2.45) is 0 Å². The number of nitrogens with zero attached hydrogens (tertiary/aromatic N) is 2. The van der Waals surface area contributed by atoms with E-state index in [2.05, 4.69) is 39.4 Å². The molecule has 0 aliphatic carbocycles. The lowest BCUT2D eigenvalue weighted by atomic mass is 10.1. The fourth-order valence-corrected chi connectivity index (χ4v) is 2.18. The van der Waals surface area contributed by atoms with Crippen LogP contribution in [0.2, 0.25) is 0 Å². The van der Waals surface area contributed by atoms with E-state index in [-0.39, 0.29) is 12.4 Å². The number of rotatable bonds is 2. The van der Waals surface area contributed by atoms with Crippen LogP contribution in [0.3, 0.4) is 0 Å². The summed E-state index contributed by atoms with van der Waals surface area (Å²) in [7, 11) is 0. The molecule has 0 unspecified atom stereocenters. The van der Waals surface area contributed by atoms with Crippen LogP contribution in [0.15, 0.2) is 30.3 Å². The third kappa shape index (κ3) is 3.00. The van der Waals surface area contributed by atoms with Gasteiger partial charge in [0, 0.05) is 30.4 Å². The minimum absolute atomic E-state index is 0. The monoisotopic (exact) mass is 280 g/mol. The number of halogens is 1. The molecule has 1 fully saturated rings. The van der Waals surface area contributed by atoms with E-state index >= 15 is 0 Å². The third-order valence-corrected chi connectivity index (χ3v) is 3.13. The summed E-state index contributed by atoms with van der Waals surface area (Å²) in [6.45, 7) is 3.46. The Morgan fingerprint density at radius 1 is 1.21 bits per heavy atom. The molecule has 0 radical (unpaired) electrons. The van der Waals surface area contributed by atoms with Gasteiger partial charge in [0.05, 0.1) is 18.9 Å². The quantitative estimate of drug-likeness (QED) is 0.882. The van der Waals surface area contributed by atoms with Crippen molar-refractivity contribution >= 4 is 23.9 Å². The maximum absolute atomic E-state index is 5.63. The number of morpholine rings is 1. The van der Waals surface area contributed by atoms with Gasteiger partial charge >= 0.3 is 0 Å². The zero-order chi connectivity index (χ0) is 12.4. The van der Waals surface area contributed by atoms with Crippen molar-refractivity contribution in [3.63, 3.8) is 0 Å². The topological polar surface area (TPSA) is 67.2 Å². The SMILES string of the molecule is Cl.Nc1cc(-c2cccc(N3CCOCC3)c2)[nH]n1. The van der Waals surface area contributed by atoms with Crippen LogP contribution in [0.25, 0.3) is 11.3 Å². The first-order valence-electron chi connectivity index (χ1n) is 6.07. The summed E-state index contributed by atoms with van der Waals surface area (Å²) in [6.07, 6.45) is 0. The van der Waals surface area contributed by atoms with Crippen LogP contribution < -0.4 is 10.6 Å². The molecule has 0 saturated carbocycles. The predicted molar refractivity (Wildman–Crippen MR) is 78.7 cm³/mol. The lowest BCUT2D eigenvalue weighted by Gasteiger charge is -2.29. The molecule has 1 aromatic carbocycles. The number of H-pyrrole nitrogens is 1. The lowest BCUT2D eigenvalue weighted by Crippen LogP contribution is -2.36. The number of hydrogen-bond acceptors (Lipinski definition) is 4. The highest BCUT2D eigenvalue weighted by Gasteiger charge is 2.12. The number of benzene rings is 1. The molecule has 0 bridgehead atoms. The molecule has 5 nitrogen and oxygen atoms in total. The van der Waals surface area contributed by atoms with Crippen molar-refractivity contribution in [3.8, 4) is 11.3 Å². The first kappa shape index (κ1) is 13.7. The maximum Gasteiger partial charge on any atom is 0.145 e. The Labute approximate surface area is 118 Å².